The minimum absolute atomic E-state index is 0.137. The van der Waals surface area contributed by atoms with Crippen LogP contribution >= 0.6 is 0 Å². The molecule has 3 N–H and O–H groups in total. The van der Waals surface area contributed by atoms with E-state index in [1.807, 2.05) is 12.1 Å². The molecule has 0 aliphatic heterocycles. The molecule has 1 heterocycles. The van der Waals surface area contributed by atoms with Gasteiger partial charge >= 0.3 is 0 Å². The van der Waals surface area contributed by atoms with Crippen molar-refractivity contribution in [3.63, 3.8) is 0 Å². The number of aromatic nitrogens is 2. The first-order valence-corrected chi connectivity index (χ1v) is 9.53. The van der Waals surface area contributed by atoms with E-state index in [0.29, 0.717) is 23.7 Å². The molecule has 0 saturated carbocycles. The molecule has 1 aromatic heterocycles. The van der Waals surface area contributed by atoms with Crippen molar-refractivity contribution in [2.75, 3.05) is 17.2 Å². The van der Waals surface area contributed by atoms with Crippen molar-refractivity contribution in [3.05, 3.63) is 54.0 Å². The van der Waals surface area contributed by atoms with Crippen LogP contribution < -0.4 is 16.0 Å². The predicted octanol–water partition coefficient (Wildman–Crippen LogP) is 3.80. The Morgan fingerprint density at radius 3 is 2.75 bits per heavy atom. The van der Waals surface area contributed by atoms with Gasteiger partial charge < -0.3 is 16.0 Å². The monoisotopic (exact) mass is 379 g/mol. The van der Waals surface area contributed by atoms with Gasteiger partial charge in [0, 0.05) is 30.9 Å². The van der Waals surface area contributed by atoms with Crippen molar-refractivity contribution >= 4 is 29.0 Å². The maximum Gasteiger partial charge on any atom is 0.270 e. The van der Waals surface area contributed by atoms with Gasteiger partial charge in [-0.2, -0.15) is 0 Å². The molecule has 1 aromatic carbocycles. The third kappa shape index (κ3) is 5.90. The Hall–Kier alpha value is -3.22. The van der Waals surface area contributed by atoms with Gasteiger partial charge in [0.05, 0.1) is 0 Å². The summed E-state index contributed by atoms with van der Waals surface area (Å²) in [4.78, 5) is 31.8. The van der Waals surface area contributed by atoms with Crippen molar-refractivity contribution in [1.29, 1.82) is 0 Å². The highest BCUT2D eigenvalue weighted by atomic mass is 16.2. The van der Waals surface area contributed by atoms with Crippen LogP contribution in [0.25, 0.3) is 0 Å². The van der Waals surface area contributed by atoms with Gasteiger partial charge in [0.1, 0.15) is 17.8 Å². The Morgan fingerprint density at radius 1 is 1.11 bits per heavy atom. The number of nitrogens with one attached hydrogen (secondary N) is 3. The minimum atomic E-state index is -0.214. The molecule has 2 aromatic rings. The van der Waals surface area contributed by atoms with Crippen LogP contribution in [0.15, 0.2) is 48.3 Å². The molecule has 0 atom stereocenters. The van der Waals surface area contributed by atoms with Crippen molar-refractivity contribution in [2.24, 2.45) is 0 Å². The summed E-state index contributed by atoms with van der Waals surface area (Å²) < 4.78 is 0. The predicted molar refractivity (Wildman–Crippen MR) is 110 cm³/mol. The van der Waals surface area contributed by atoms with Crippen molar-refractivity contribution in [2.45, 2.75) is 39.0 Å². The van der Waals surface area contributed by atoms with Gasteiger partial charge in [0.25, 0.3) is 5.91 Å². The first-order chi connectivity index (χ1) is 13.6. The number of hydrogen-bond donors (Lipinski definition) is 3. The van der Waals surface area contributed by atoms with Gasteiger partial charge in [0.15, 0.2) is 0 Å². The Morgan fingerprint density at radius 2 is 1.96 bits per heavy atom. The zero-order chi connectivity index (χ0) is 19.8. The molecule has 0 saturated heterocycles. The maximum absolute atomic E-state index is 12.4. The third-order valence-corrected chi connectivity index (χ3v) is 4.47. The molecule has 0 spiro atoms. The summed E-state index contributed by atoms with van der Waals surface area (Å²) in [5, 5.41) is 8.78. The number of carbonyl (C=O) groups excluding carboxylic acids is 2. The topological polar surface area (TPSA) is 96.0 Å². The van der Waals surface area contributed by atoms with Gasteiger partial charge in [-0.25, -0.2) is 9.97 Å². The average Bonchev–Trinajstić information content (AvgIpc) is 2.69. The molecular formula is C21H25N5O2. The number of hydrogen-bond acceptors (Lipinski definition) is 5. The second-order valence-corrected chi connectivity index (χ2v) is 6.79. The lowest BCUT2D eigenvalue weighted by Crippen LogP contribution is -2.26. The summed E-state index contributed by atoms with van der Waals surface area (Å²) in [6, 6.07) is 8.88. The molecule has 0 fully saturated rings. The van der Waals surface area contributed by atoms with Crippen molar-refractivity contribution in [3.8, 4) is 0 Å². The summed E-state index contributed by atoms with van der Waals surface area (Å²) in [5.41, 5.74) is 3.17. The molecule has 1 aliphatic rings. The Labute approximate surface area is 164 Å². The van der Waals surface area contributed by atoms with Gasteiger partial charge in [-0.1, -0.05) is 17.7 Å². The molecule has 0 bridgehead atoms. The smallest absolute Gasteiger partial charge is 0.270 e. The summed E-state index contributed by atoms with van der Waals surface area (Å²) in [6.07, 6.45) is 9.32. The number of rotatable bonds is 7. The summed E-state index contributed by atoms with van der Waals surface area (Å²) in [5.74, 6) is 0.158. The first-order valence-electron chi connectivity index (χ1n) is 9.53. The fourth-order valence-corrected chi connectivity index (χ4v) is 3.13. The quantitative estimate of drug-likeness (QED) is 0.636. The number of amides is 2. The fourth-order valence-electron chi connectivity index (χ4n) is 3.13. The molecule has 7 nitrogen and oxygen atoms in total. The van der Waals surface area contributed by atoms with Crippen molar-refractivity contribution < 1.29 is 9.59 Å². The molecule has 1 aliphatic carbocycles. The minimum Gasteiger partial charge on any atom is -0.350 e. The highest BCUT2D eigenvalue weighted by molar-refractivity contribution is 5.93. The van der Waals surface area contributed by atoms with E-state index in [2.05, 4.69) is 32.0 Å². The standard InChI is InChI=1S/C21H25N5O2/c1-15(27)25-17-8-5-9-18(12-17)26-20-13-19(23-14-24-20)21(28)22-11-10-16-6-3-2-4-7-16/h5-6,8-9,12-14H,2-4,7,10-11H2,1H3,(H,22,28)(H,25,27)(H,23,24,26). The molecule has 146 valence electrons. The number of allylic oxidation sites excluding steroid dienone is 1. The van der Waals surface area contributed by atoms with E-state index in [1.165, 1.54) is 31.7 Å². The fraction of sp³-hybridized carbons (Fsp3) is 0.333. The Kier molecular flexibility index (Phi) is 6.73. The van der Waals surface area contributed by atoms with Gasteiger partial charge in [-0.15, -0.1) is 0 Å². The van der Waals surface area contributed by atoms with Gasteiger partial charge in [-0.05, 0) is 50.3 Å². The second-order valence-electron chi connectivity index (χ2n) is 6.79. The first kappa shape index (κ1) is 19.5. The van der Waals surface area contributed by atoms with E-state index in [4.69, 9.17) is 0 Å². The van der Waals surface area contributed by atoms with E-state index in [0.717, 1.165) is 24.9 Å². The highest BCUT2D eigenvalue weighted by Crippen LogP contribution is 2.20. The van der Waals surface area contributed by atoms with Crippen LogP contribution in [0.1, 0.15) is 49.5 Å². The van der Waals surface area contributed by atoms with Gasteiger partial charge in [0.2, 0.25) is 5.91 Å². The largest absolute Gasteiger partial charge is 0.350 e. The molecule has 0 radical (unpaired) electrons. The molecular weight excluding hydrogens is 354 g/mol. The van der Waals surface area contributed by atoms with Crippen LogP contribution in [0.3, 0.4) is 0 Å². The van der Waals surface area contributed by atoms with Crippen LogP contribution in [0.5, 0.6) is 0 Å². The van der Waals surface area contributed by atoms with E-state index in [1.54, 1.807) is 18.2 Å². The number of carbonyl (C=O) groups is 2. The summed E-state index contributed by atoms with van der Waals surface area (Å²) >= 11 is 0. The van der Waals surface area contributed by atoms with Crippen LogP contribution in [-0.2, 0) is 4.79 Å². The number of benzene rings is 1. The van der Waals surface area contributed by atoms with E-state index >= 15 is 0 Å². The maximum atomic E-state index is 12.4. The molecule has 0 unspecified atom stereocenters. The van der Waals surface area contributed by atoms with Crippen LogP contribution in [0.4, 0.5) is 17.2 Å². The van der Waals surface area contributed by atoms with Crippen LogP contribution in [-0.4, -0.2) is 28.3 Å². The SMILES string of the molecule is CC(=O)Nc1cccc(Nc2cc(C(=O)NCCC3=CCCCC3)ncn2)c1. The zero-order valence-electron chi connectivity index (χ0n) is 16.0. The highest BCUT2D eigenvalue weighted by Gasteiger charge is 2.10. The van der Waals surface area contributed by atoms with Crippen LogP contribution in [0.2, 0.25) is 0 Å². The molecule has 28 heavy (non-hydrogen) atoms. The molecule has 2 amide bonds. The van der Waals surface area contributed by atoms with Gasteiger partial charge in [-0.3, -0.25) is 9.59 Å². The lowest BCUT2D eigenvalue weighted by atomic mass is 9.97. The summed E-state index contributed by atoms with van der Waals surface area (Å²) in [6.45, 7) is 2.07. The van der Waals surface area contributed by atoms with E-state index < -0.39 is 0 Å². The van der Waals surface area contributed by atoms with E-state index in [-0.39, 0.29) is 11.8 Å². The molecule has 7 heteroatoms. The van der Waals surface area contributed by atoms with Crippen molar-refractivity contribution in [1.82, 2.24) is 15.3 Å². The van der Waals surface area contributed by atoms with E-state index in [9.17, 15) is 9.59 Å². The Bertz CT molecular complexity index is 879. The number of nitrogens with zero attached hydrogens (tertiary/aromatic N) is 2. The lowest BCUT2D eigenvalue weighted by Gasteiger charge is -2.13. The average molecular weight is 379 g/mol. The number of anilines is 3. The third-order valence-electron chi connectivity index (χ3n) is 4.47. The van der Waals surface area contributed by atoms with Crippen LogP contribution in [0, 0.1) is 0 Å². The second kappa shape index (κ2) is 9.64. The lowest BCUT2D eigenvalue weighted by molar-refractivity contribution is -0.114. The molecule has 3 rings (SSSR count). The zero-order valence-corrected chi connectivity index (χ0v) is 16.0. The normalized spacial score (nSPS) is 13.4. The summed E-state index contributed by atoms with van der Waals surface area (Å²) in [7, 11) is 0. The Balaban J connectivity index is 1.58.